The predicted molar refractivity (Wildman–Crippen MR) is 85.1 cm³/mol. The molecule has 0 spiro atoms. The lowest BCUT2D eigenvalue weighted by atomic mass is 10.2. The molecule has 0 aliphatic heterocycles. The molecule has 0 amide bonds. The third-order valence-corrected chi connectivity index (χ3v) is 5.03. The zero-order chi connectivity index (χ0) is 15.9. The summed E-state index contributed by atoms with van der Waals surface area (Å²) in [6, 6.07) is 3.17. The van der Waals surface area contributed by atoms with E-state index in [-0.39, 0.29) is 18.1 Å². The molecule has 0 saturated carbocycles. The maximum atomic E-state index is 11.6. The first-order valence-corrected chi connectivity index (χ1v) is 9.29. The minimum Gasteiger partial charge on any atom is -0.490 e. The van der Waals surface area contributed by atoms with Crippen LogP contribution in [0.3, 0.4) is 0 Å². The molecule has 118 valence electrons. The second kappa shape index (κ2) is 8.38. The summed E-state index contributed by atoms with van der Waals surface area (Å²) >= 11 is 3.31. The van der Waals surface area contributed by atoms with Crippen LogP contribution in [0.5, 0.6) is 11.5 Å². The fraction of sp³-hybridized carbons (Fsp3) is 0.500. The van der Waals surface area contributed by atoms with Crippen LogP contribution < -0.4 is 9.47 Å². The van der Waals surface area contributed by atoms with Crippen molar-refractivity contribution in [2.75, 3.05) is 24.7 Å². The van der Waals surface area contributed by atoms with E-state index < -0.39 is 9.84 Å². The Kier molecular flexibility index (Phi) is 7.17. The maximum Gasteiger partial charge on any atom is 0.175 e. The first-order chi connectivity index (χ1) is 9.93. The molecule has 0 aliphatic carbocycles. The lowest BCUT2D eigenvalue weighted by molar-refractivity contribution is 0.112. The van der Waals surface area contributed by atoms with Gasteiger partial charge in [-0.3, -0.25) is 4.79 Å². The first-order valence-electron chi connectivity index (χ1n) is 6.68. The summed E-state index contributed by atoms with van der Waals surface area (Å²) in [5.74, 6) is 0.935. The van der Waals surface area contributed by atoms with Gasteiger partial charge in [0, 0.05) is 5.56 Å². The van der Waals surface area contributed by atoms with E-state index in [0.29, 0.717) is 40.8 Å². The van der Waals surface area contributed by atoms with E-state index >= 15 is 0 Å². The van der Waals surface area contributed by atoms with E-state index in [4.69, 9.17) is 9.47 Å². The van der Waals surface area contributed by atoms with E-state index in [1.807, 2.05) is 13.8 Å². The number of halogens is 1. The van der Waals surface area contributed by atoms with Crippen molar-refractivity contribution in [3.63, 3.8) is 0 Å². The molecule has 1 aromatic rings. The number of benzene rings is 1. The third-order valence-electron chi connectivity index (χ3n) is 2.62. The molecule has 0 N–H and O–H groups in total. The van der Waals surface area contributed by atoms with Gasteiger partial charge in [0.15, 0.2) is 21.3 Å². The molecule has 0 radical (unpaired) electrons. The molecule has 7 heteroatoms. The minimum atomic E-state index is -3.09. The van der Waals surface area contributed by atoms with Gasteiger partial charge in [0.1, 0.15) is 12.9 Å². The van der Waals surface area contributed by atoms with Crippen LogP contribution in [0.25, 0.3) is 0 Å². The first kappa shape index (κ1) is 18.0. The Balaban J connectivity index is 2.85. The number of rotatable bonds is 9. The molecule has 21 heavy (non-hydrogen) atoms. The van der Waals surface area contributed by atoms with Crippen LogP contribution in [0.2, 0.25) is 0 Å². The van der Waals surface area contributed by atoms with Gasteiger partial charge in [-0.25, -0.2) is 8.42 Å². The van der Waals surface area contributed by atoms with E-state index in [1.54, 1.807) is 12.1 Å². The van der Waals surface area contributed by atoms with Crippen molar-refractivity contribution in [2.24, 2.45) is 0 Å². The summed E-state index contributed by atoms with van der Waals surface area (Å²) in [7, 11) is -3.09. The second-order valence-corrected chi connectivity index (χ2v) is 7.54. The average Bonchev–Trinajstić information content (AvgIpc) is 2.41. The lowest BCUT2D eigenvalue weighted by Gasteiger charge is -2.14. The minimum absolute atomic E-state index is 0.0431. The van der Waals surface area contributed by atoms with Gasteiger partial charge in [0.25, 0.3) is 0 Å². The molecular weight excluding hydrogens is 360 g/mol. The Morgan fingerprint density at radius 2 is 1.90 bits per heavy atom. The lowest BCUT2D eigenvalue weighted by Crippen LogP contribution is -2.17. The van der Waals surface area contributed by atoms with Crippen molar-refractivity contribution >= 4 is 32.1 Å². The highest BCUT2D eigenvalue weighted by Gasteiger charge is 2.14. The van der Waals surface area contributed by atoms with Gasteiger partial charge in [-0.2, -0.15) is 0 Å². The van der Waals surface area contributed by atoms with Gasteiger partial charge < -0.3 is 9.47 Å². The highest BCUT2D eigenvalue weighted by molar-refractivity contribution is 9.10. The number of ether oxygens (including phenoxy) is 2. The highest BCUT2D eigenvalue weighted by atomic mass is 79.9. The molecule has 0 saturated heterocycles. The summed E-state index contributed by atoms with van der Waals surface area (Å²) in [4.78, 5) is 10.8. The molecule has 0 fully saturated rings. The van der Waals surface area contributed by atoms with Gasteiger partial charge in [0.2, 0.25) is 0 Å². The summed E-state index contributed by atoms with van der Waals surface area (Å²) in [6.45, 7) is 4.10. The summed E-state index contributed by atoms with van der Waals surface area (Å²) in [5.41, 5.74) is 0.455. The Morgan fingerprint density at radius 3 is 2.48 bits per heavy atom. The Hall–Kier alpha value is -1.08. The standard InChI is InChI=1S/C14H19BrO5S/c1-3-6-21(17,18)7-5-20-14-12(15)8-11(10-16)9-13(14)19-4-2/h8-10H,3-7H2,1-2H3. The van der Waals surface area contributed by atoms with Crippen molar-refractivity contribution in [1.82, 2.24) is 0 Å². The van der Waals surface area contributed by atoms with Crippen molar-refractivity contribution in [1.29, 1.82) is 0 Å². The Labute approximate surface area is 133 Å². The molecule has 0 heterocycles. The van der Waals surface area contributed by atoms with Gasteiger partial charge in [-0.1, -0.05) is 6.92 Å². The summed E-state index contributed by atoms with van der Waals surface area (Å²) in [5, 5.41) is 0. The topological polar surface area (TPSA) is 69.7 Å². The third kappa shape index (κ3) is 5.67. The zero-order valence-electron chi connectivity index (χ0n) is 12.1. The normalized spacial score (nSPS) is 11.2. The summed E-state index contributed by atoms with van der Waals surface area (Å²) in [6.07, 6.45) is 1.30. The SMILES string of the molecule is CCCS(=O)(=O)CCOc1c(Br)cc(C=O)cc1OCC. The fourth-order valence-electron chi connectivity index (χ4n) is 1.74. The molecule has 0 aliphatic rings. The van der Waals surface area contributed by atoms with Crippen LogP contribution in [0.1, 0.15) is 30.6 Å². The number of aldehydes is 1. The van der Waals surface area contributed by atoms with Crippen LogP contribution in [0.4, 0.5) is 0 Å². The van der Waals surface area contributed by atoms with Gasteiger partial charge in [-0.05, 0) is 41.4 Å². The van der Waals surface area contributed by atoms with Crippen molar-refractivity contribution in [3.05, 3.63) is 22.2 Å². The molecule has 0 aromatic heterocycles. The van der Waals surface area contributed by atoms with Gasteiger partial charge in [0.05, 0.1) is 22.6 Å². The molecule has 1 rings (SSSR count). The van der Waals surface area contributed by atoms with Crippen LogP contribution >= 0.6 is 15.9 Å². The largest absolute Gasteiger partial charge is 0.490 e. The van der Waals surface area contributed by atoms with Crippen LogP contribution in [0, 0.1) is 0 Å². The average molecular weight is 379 g/mol. The zero-order valence-corrected chi connectivity index (χ0v) is 14.5. The predicted octanol–water partition coefficient (Wildman–Crippen LogP) is 2.86. The summed E-state index contributed by atoms with van der Waals surface area (Å²) < 4.78 is 34.8. The smallest absolute Gasteiger partial charge is 0.175 e. The van der Waals surface area contributed by atoms with Gasteiger partial charge in [-0.15, -0.1) is 0 Å². The van der Waals surface area contributed by atoms with E-state index in [9.17, 15) is 13.2 Å². The van der Waals surface area contributed by atoms with Crippen LogP contribution in [-0.2, 0) is 9.84 Å². The molecule has 0 unspecified atom stereocenters. The van der Waals surface area contributed by atoms with E-state index in [1.165, 1.54) is 0 Å². The molecule has 5 nitrogen and oxygen atoms in total. The van der Waals surface area contributed by atoms with E-state index in [2.05, 4.69) is 15.9 Å². The molecule has 0 bridgehead atoms. The van der Waals surface area contributed by atoms with E-state index in [0.717, 1.165) is 0 Å². The van der Waals surface area contributed by atoms with Crippen LogP contribution in [-0.4, -0.2) is 39.4 Å². The van der Waals surface area contributed by atoms with Crippen LogP contribution in [0.15, 0.2) is 16.6 Å². The molecule has 1 aromatic carbocycles. The fourth-order valence-corrected chi connectivity index (χ4v) is 3.48. The number of hydrogen-bond acceptors (Lipinski definition) is 5. The maximum absolute atomic E-state index is 11.6. The monoisotopic (exact) mass is 378 g/mol. The van der Waals surface area contributed by atoms with Gasteiger partial charge >= 0.3 is 0 Å². The van der Waals surface area contributed by atoms with Crippen molar-refractivity contribution in [2.45, 2.75) is 20.3 Å². The van der Waals surface area contributed by atoms with Crippen molar-refractivity contribution < 1.29 is 22.7 Å². The van der Waals surface area contributed by atoms with Crippen molar-refractivity contribution in [3.8, 4) is 11.5 Å². The number of carbonyl (C=O) groups excluding carboxylic acids is 1. The number of hydrogen-bond donors (Lipinski definition) is 0. The highest BCUT2D eigenvalue weighted by Crippen LogP contribution is 2.36. The number of carbonyl (C=O) groups is 1. The Morgan fingerprint density at radius 1 is 1.19 bits per heavy atom. The second-order valence-electron chi connectivity index (χ2n) is 4.38. The Bertz CT molecular complexity index is 583. The molecule has 0 atom stereocenters. The molecular formula is C14H19BrO5S. The quantitative estimate of drug-likeness (QED) is 0.617. The number of sulfone groups is 1.